The lowest BCUT2D eigenvalue weighted by molar-refractivity contribution is -0.130. The molecule has 4 amide bonds. The van der Waals surface area contributed by atoms with E-state index in [-0.39, 0.29) is 17.8 Å². The molecule has 7 rings (SSSR count). The standard InChI is InChI=1S/C28H29N3O5.C21H24N2O4/c1-34-25-13-10-21(18-26(25)35-2)24(19-27(32)31-14-16-36-17-15-31)20-8-11-23(12-9-20)30-28(33)29-22-6-4-3-5-7-22;1-25-19-8-5-16(13-20(19)26-2)18(15-3-6-17(22)7-4-15)14-21(24)23-9-11-27-12-10-23/h3-13,18-19H,14-17H2,1-2H3,(H2,29,30,33);3-8,13-14H,9-12,22H2,1-2H3. The van der Waals surface area contributed by atoms with Gasteiger partial charge < -0.3 is 54.6 Å². The number of urea groups is 1. The maximum Gasteiger partial charge on any atom is 0.323 e. The van der Waals surface area contributed by atoms with Gasteiger partial charge in [-0.3, -0.25) is 9.59 Å². The number of nitrogens with zero attached hydrogens (tertiary/aromatic N) is 2. The molecule has 328 valence electrons. The van der Waals surface area contributed by atoms with Gasteiger partial charge in [0.05, 0.1) is 54.9 Å². The molecule has 0 atom stereocenters. The van der Waals surface area contributed by atoms with Crippen molar-refractivity contribution in [2.75, 3.05) is 97.4 Å². The molecule has 5 aromatic rings. The molecular weight excluding hydrogens is 803 g/mol. The molecule has 2 heterocycles. The van der Waals surface area contributed by atoms with Gasteiger partial charge in [-0.1, -0.05) is 54.6 Å². The number of nitrogens with two attached hydrogens (primary N) is 1. The lowest BCUT2D eigenvalue weighted by atomic mass is 9.96. The Morgan fingerprint density at radius 3 is 1.30 bits per heavy atom. The first-order valence-corrected chi connectivity index (χ1v) is 20.4. The van der Waals surface area contributed by atoms with Crippen molar-refractivity contribution >= 4 is 46.1 Å². The molecule has 2 fully saturated rings. The van der Waals surface area contributed by atoms with Crippen LogP contribution in [-0.4, -0.2) is 109 Å². The number of ether oxygens (including phenoxy) is 6. The maximum absolute atomic E-state index is 13.1. The van der Waals surface area contributed by atoms with Crippen molar-refractivity contribution < 1.29 is 42.8 Å². The van der Waals surface area contributed by atoms with E-state index in [0.29, 0.717) is 92.7 Å². The van der Waals surface area contributed by atoms with Crippen molar-refractivity contribution in [2.45, 2.75) is 0 Å². The molecule has 0 bridgehead atoms. The number of hydrogen-bond donors (Lipinski definition) is 3. The largest absolute Gasteiger partial charge is 0.493 e. The van der Waals surface area contributed by atoms with Crippen LogP contribution in [0.4, 0.5) is 21.9 Å². The quantitative estimate of drug-likeness (QED) is 0.0863. The first kappa shape index (κ1) is 45.2. The van der Waals surface area contributed by atoms with Gasteiger partial charge in [-0.25, -0.2) is 4.79 Å². The van der Waals surface area contributed by atoms with Crippen LogP contribution in [0.2, 0.25) is 0 Å². The van der Waals surface area contributed by atoms with Crippen LogP contribution in [0.5, 0.6) is 23.0 Å². The molecule has 5 aromatic carbocycles. The van der Waals surface area contributed by atoms with Crippen molar-refractivity contribution in [3.05, 3.63) is 150 Å². The van der Waals surface area contributed by atoms with E-state index < -0.39 is 0 Å². The Morgan fingerprint density at radius 1 is 0.508 bits per heavy atom. The number of carbonyl (C=O) groups is 3. The minimum atomic E-state index is -0.341. The predicted molar refractivity (Wildman–Crippen MR) is 244 cm³/mol. The van der Waals surface area contributed by atoms with Gasteiger partial charge in [-0.15, -0.1) is 0 Å². The topological polar surface area (TPSA) is 163 Å². The van der Waals surface area contributed by atoms with Gasteiger partial charge in [0.1, 0.15) is 0 Å². The molecule has 0 radical (unpaired) electrons. The Kier molecular flexibility index (Phi) is 16.2. The number of nitrogens with one attached hydrogen (secondary N) is 2. The fraction of sp³-hybridized carbons (Fsp3) is 0.245. The zero-order valence-electron chi connectivity index (χ0n) is 35.9. The van der Waals surface area contributed by atoms with E-state index >= 15 is 0 Å². The maximum atomic E-state index is 13.1. The number of benzene rings is 5. The van der Waals surface area contributed by atoms with Crippen LogP contribution in [0.3, 0.4) is 0 Å². The third-order valence-corrected chi connectivity index (χ3v) is 10.3. The van der Waals surface area contributed by atoms with Gasteiger partial charge >= 0.3 is 6.03 Å². The molecule has 14 nitrogen and oxygen atoms in total. The summed E-state index contributed by atoms with van der Waals surface area (Å²) in [5.74, 6) is 2.28. The van der Waals surface area contributed by atoms with E-state index in [1.54, 1.807) is 62.5 Å². The number of rotatable bonds is 12. The summed E-state index contributed by atoms with van der Waals surface area (Å²) in [5, 5.41) is 5.62. The Labute approximate surface area is 367 Å². The molecule has 0 saturated carbocycles. The third-order valence-electron chi connectivity index (χ3n) is 10.3. The van der Waals surface area contributed by atoms with Crippen molar-refractivity contribution in [1.82, 2.24) is 9.80 Å². The third kappa shape index (κ3) is 12.4. The highest BCUT2D eigenvalue weighted by Gasteiger charge is 2.20. The molecule has 0 aliphatic carbocycles. The molecular formula is C49H53N5O9. The van der Waals surface area contributed by atoms with Crippen molar-refractivity contribution in [3.8, 4) is 23.0 Å². The van der Waals surface area contributed by atoms with Gasteiger partial charge in [0.2, 0.25) is 11.8 Å². The van der Waals surface area contributed by atoms with E-state index in [1.807, 2.05) is 103 Å². The summed E-state index contributed by atoms with van der Waals surface area (Å²) in [6.45, 7) is 4.46. The molecule has 2 saturated heterocycles. The minimum absolute atomic E-state index is 0.0418. The van der Waals surface area contributed by atoms with Crippen LogP contribution in [0.25, 0.3) is 11.1 Å². The Bertz CT molecular complexity index is 2370. The summed E-state index contributed by atoms with van der Waals surface area (Å²) in [6, 6.07) is 34.8. The summed E-state index contributed by atoms with van der Waals surface area (Å²) >= 11 is 0. The van der Waals surface area contributed by atoms with E-state index in [2.05, 4.69) is 10.6 Å². The molecule has 0 aromatic heterocycles. The van der Waals surface area contributed by atoms with E-state index in [1.165, 1.54) is 0 Å². The average molecular weight is 856 g/mol. The number of amides is 4. The number of methoxy groups -OCH3 is 4. The number of para-hydroxylation sites is 1. The zero-order valence-corrected chi connectivity index (χ0v) is 35.9. The molecule has 0 spiro atoms. The van der Waals surface area contributed by atoms with Crippen LogP contribution in [-0.2, 0) is 19.1 Å². The number of hydrogen-bond acceptors (Lipinski definition) is 10. The normalized spacial score (nSPS) is 14.1. The van der Waals surface area contributed by atoms with Crippen LogP contribution in [0, 0.1) is 0 Å². The van der Waals surface area contributed by atoms with Gasteiger partial charge in [-0.05, 0) is 94.1 Å². The summed E-state index contributed by atoms with van der Waals surface area (Å²) in [5.41, 5.74) is 12.7. The monoisotopic (exact) mass is 855 g/mol. The lowest BCUT2D eigenvalue weighted by Gasteiger charge is -2.26. The first-order chi connectivity index (χ1) is 30.7. The average Bonchev–Trinajstić information content (AvgIpc) is 3.33. The number of morpholine rings is 2. The summed E-state index contributed by atoms with van der Waals surface area (Å²) in [7, 11) is 6.34. The highest BCUT2D eigenvalue weighted by Crippen LogP contribution is 2.35. The second kappa shape index (κ2) is 22.5. The van der Waals surface area contributed by atoms with Gasteiger partial charge in [0.25, 0.3) is 0 Å². The van der Waals surface area contributed by atoms with Crippen LogP contribution in [0.15, 0.2) is 127 Å². The van der Waals surface area contributed by atoms with Crippen LogP contribution < -0.4 is 35.3 Å². The molecule has 4 N–H and O–H groups in total. The zero-order chi connectivity index (χ0) is 44.6. The summed E-state index contributed by atoms with van der Waals surface area (Å²) < 4.78 is 32.3. The molecule has 2 aliphatic heterocycles. The van der Waals surface area contributed by atoms with E-state index in [4.69, 9.17) is 34.2 Å². The fourth-order valence-corrected chi connectivity index (χ4v) is 6.88. The van der Waals surface area contributed by atoms with Gasteiger partial charge in [-0.2, -0.15) is 0 Å². The summed E-state index contributed by atoms with van der Waals surface area (Å²) in [4.78, 5) is 41.8. The van der Waals surface area contributed by atoms with E-state index in [9.17, 15) is 14.4 Å². The Balaban J connectivity index is 0.000000219. The Hall–Kier alpha value is -7.29. The number of anilines is 3. The predicted octanol–water partition coefficient (Wildman–Crippen LogP) is 7.21. The van der Waals surface area contributed by atoms with Crippen LogP contribution >= 0.6 is 0 Å². The lowest BCUT2D eigenvalue weighted by Crippen LogP contribution is -2.39. The molecule has 0 unspecified atom stereocenters. The number of nitrogen functional groups attached to an aromatic ring is 1. The second-order valence-electron chi connectivity index (χ2n) is 14.3. The van der Waals surface area contributed by atoms with Gasteiger partial charge in [0, 0.05) is 55.4 Å². The van der Waals surface area contributed by atoms with Crippen molar-refractivity contribution in [1.29, 1.82) is 0 Å². The number of carbonyl (C=O) groups excluding carboxylic acids is 3. The fourth-order valence-electron chi connectivity index (χ4n) is 6.88. The van der Waals surface area contributed by atoms with Gasteiger partial charge in [0.15, 0.2) is 23.0 Å². The van der Waals surface area contributed by atoms with Crippen molar-refractivity contribution in [2.24, 2.45) is 0 Å². The first-order valence-electron chi connectivity index (χ1n) is 20.4. The highest BCUT2D eigenvalue weighted by atomic mass is 16.5. The summed E-state index contributed by atoms with van der Waals surface area (Å²) in [6.07, 6.45) is 3.30. The van der Waals surface area contributed by atoms with Crippen molar-refractivity contribution in [3.63, 3.8) is 0 Å². The smallest absolute Gasteiger partial charge is 0.323 e. The molecule has 63 heavy (non-hydrogen) atoms. The SMILES string of the molecule is COc1ccc(C(=CC(=O)N2CCOCC2)c2ccc(N)cc2)cc1OC.COc1ccc(C(=CC(=O)N2CCOCC2)c2ccc(NC(=O)Nc3ccccc3)cc2)cc1OC. The Morgan fingerprint density at radius 2 is 0.889 bits per heavy atom. The minimum Gasteiger partial charge on any atom is -0.493 e. The van der Waals surface area contributed by atoms with E-state index in [0.717, 1.165) is 33.4 Å². The second-order valence-corrected chi connectivity index (χ2v) is 14.3. The molecule has 2 aliphatic rings. The highest BCUT2D eigenvalue weighted by molar-refractivity contribution is 6.02. The molecule has 14 heteroatoms. The van der Waals surface area contributed by atoms with Crippen LogP contribution in [0.1, 0.15) is 22.3 Å².